The number of ether oxygens (including phenoxy) is 2. The number of allylic oxidation sites excluding steroid dienone is 1. The van der Waals surface area contributed by atoms with Crippen molar-refractivity contribution in [3.05, 3.63) is 106 Å². The fourth-order valence-electron chi connectivity index (χ4n) is 3.40. The zero-order valence-corrected chi connectivity index (χ0v) is 20.1. The zero-order valence-electron chi connectivity index (χ0n) is 19.4. The minimum absolute atomic E-state index is 0.118. The molecule has 3 aromatic carbocycles. The Morgan fingerprint density at radius 2 is 1.69 bits per heavy atom. The van der Waals surface area contributed by atoms with E-state index in [1.54, 1.807) is 26.0 Å². The van der Waals surface area contributed by atoms with Gasteiger partial charge in [-0.1, -0.05) is 41.9 Å². The molecule has 0 aliphatic heterocycles. The first-order valence-electron chi connectivity index (χ1n) is 10.6. The molecule has 6 nitrogen and oxygen atoms in total. The molecule has 0 atom stereocenters. The topological polar surface area (TPSA) is 72.9 Å². The summed E-state index contributed by atoms with van der Waals surface area (Å²) in [6.07, 6.45) is 1.78. The molecule has 0 radical (unpaired) electrons. The number of rotatable bonds is 7. The second-order valence-corrected chi connectivity index (χ2v) is 7.97. The van der Waals surface area contributed by atoms with Crippen LogP contribution in [0.25, 0.3) is 0 Å². The van der Waals surface area contributed by atoms with Gasteiger partial charge in [0, 0.05) is 17.2 Å². The molecule has 0 unspecified atom stereocenters. The maximum atomic E-state index is 13.7. The van der Waals surface area contributed by atoms with E-state index in [1.807, 2.05) is 19.1 Å². The van der Waals surface area contributed by atoms with Crippen LogP contribution in [0.4, 0.5) is 20.6 Å². The minimum atomic E-state index is -0.887. The zero-order chi connectivity index (χ0) is 25.5. The third-order valence-corrected chi connectivity index (χ3v) is 5.43. The van der Waals surface area contributed by atoms with Crippen molar-refractivity contribution in [3.63, 3.8) is 0 Å². The number of hydrogen-bond acceptors (Lipinski definition) is 5. The standard InChI is InChI=1S/C27H23ClFNO5/c1-4-7-25(31)34-16-35-27(33)30(24-13-10-19(29)14-18(24)3)20-11-12-22(23(28)15-20)26(32)21-9-6-5-8-17(21)2/h4-15H,16H2,1-3H3. The predicted octanol–water partition coefficient (Wildman–Crippen LogP) is 6.68. The van der Waals surface area contributed by atoms with Gasteiger partial charge < -0.3 is 9.47 Å². The van der Waals surface area contributed by atoms with Gasteiger partial charge in [0.1, 0.15) is 5.82 Å². The number of carbonyl (C=O) groups is 3. The maximum absolute atomic E-state index is 13.7. The lowest BCUT2D eigenvalue weighted by Gasteiger charge is -2.24. The lowest BCUT2D eigenvalue weighted by molar-refractivity contribution is -0.145. The number of aryl methyl sites for hydroxylation is 2. The average molecular weight is 496 g/mol. The Bertz CT molecular complexity index is 1300. The molecule has 180 valence electrons. The Kier molecular flexibility index (Phi) is 8.39. The van der Waals surface area contributed by atoms with Crippen LogP contribution in [0, 0.1) is 19.7 Å². The van der Waals surface area contributed by atoms with Crippen LogP contribution in [0.2, 0.25) is 5.02 Å². The van der Waals surface area contributed by atoms with Crippen LogP contribution < -0.4 is 4.90 Å². The molecule has 1 amide bonds. The molecule has 0 saturated carbocycles. The highest BCUT2D eigenvalue weighted by Crippen LogP contribution is 2.33. The number of anilines is 2. The van der Waals surface area contributed by atoms with E-state index >= 15 is 0 Å². The predicted molar refractivity (Wildman–Crippen MR) is 132 cm³/mol. The van der Waals surface area contributed by atoms with Gasteiger partial charge >= 0.3 is 12.1 Å². The van der Waals surface area contributed by atoms with Crippen molar-refractivity contribution in [2.24, 2.45) is 0 Å². The molecule has 0 bridgehead atoms. The van der Waals surface area contributed by atoms with Crippen molar-refractivity contribution >= 4 is 40.8 Å². The molecule has 0 fully saturated rings. The molecule has 0 aliphatic rings. The van der Waals surface area contributed by atoms with Gasteiger partial charge in [0.15, 0.2) is 5.78 Å². The van der Waals surface area contributed by atoms with Gasteiger partial charge in [-0.3, -0.25) is 4.79 Å². The molecule has 0 saturated heterocycles. The first-order chi connectivity index (χ1) is 16.7. The molecular weight excluding hydrogens is 473 g/mol. The lowest BCUT2D eigenvalue weighted by atomic mass is 9.99. The normalized spacial score (nSPS) is 10.8. The van der Waals surface area contributed by atoms with Crippen molar-refractivity contribution in [2.45, 2.75) is 20.8 Å². The van der Waals surface area contributed by atoms with Crippen molar-refractivity contribution < 1.29 is 28.2 Å². The summed E-state index contributed by atoms with van der Waals surface area (Å²) in [6.45, 7) is 4.47. The van der Waals surface area contributed by atoms with Gasteiger partial charge in [-0.2, -0.15) is 0 Å². The van der Waals surface area contributed by atoms with E-state index in [0.29, 0.717) is 16.8 Å². The van der Waals surface area contributed by atoms with Crippen LogP contribution in [0.5, 0.6) is 0 Å². The molecule has 3 aromatic rings. The Balaban J connectivity index is 1.96. The molecule has 0 N–H and O–H groups in total. The highest BCUT2D eigenvalue weighted by molar-refractivity contribution is 6.35. The molecule has 0 spiro atoms. The number of nitrogens with zero attached hydrogens (tertiary/aromatic N) is 1. The number of halogens is 2. The Hall–Kier alpha value is -3.97. The Morgan fingerprint density at radius 3 is 2.34 bits per heavy atom. The van der Waals surface area contributed by atoms with E-state index < -0.39 is 24.7 Å². The first kappa shape index (κ1) is 25.6. The summed E-state index contributed by atoms with van der Waals surface area (Å²) in [7, 11) is 0. The molecule has 0 heterocycles. The third-order valence-electron chi connectivity index (χ3n) is 5.11. The van der Waals surface area contributed by atoms with E-state index in [-0.39, 0.29) is 22.1 Å². The Labute approximate surface area is 207 Å². The van der Waals surface area contributed by atoms with Crippen LogP contribution in [-0.4, -0.2) is 24.6 Å². The van der Waals surface area contributed by atoms with E-state index in [2.05, 4.69) is 0 Å². The fourth-order valence-corrected chi connectivity index (χ4v) is 3.66. The van der Waals surface area contributed by atoms with Crippen molar-refractivity contribution in [2.75, 3.05) is 11.7 Å². The maximum Gasteiger partial charge on any atom is 0.421 e. The molecule has 0 aromatic heterocycles. The molecule has 35 heavy (non-hydrogen) atoms. The number of carbonyl (C=O) groups excluding carboxylic acids is 3. The third kappa shape index (κ3) is 6.13. The number of benzene rings is 3. The van der Waals surface area contributed by atoms with E-state index in [4.69, 9.17) is 21.1 Å². The average Bonchev–Trinajstić information content (AvgIpc) is 2.81. The van der Waals surface area contributed by atoms with Crippen LogP contribution in [0.1, 0.15) is 34.0 Å². The summed E-state index contributed by atoms with van der Waals surface area (Å²) in [6, 6.07) is 15.5. The van der Waals surface area contributed by atoms with Gasteiger partial charge in [-0.15, -0.1) is 0 Å². The summed E-state index contributed by atoms with van der Waals surface area (Å²) in [5.74, 6) is -1.41. The monoisotopic (exact) mass is 495 g/mol. The van der Waals surface area contributed by atoms with E-state index in [1.165, 1.54) is 48.6 Å². The van der Waals surface area contributed by atoms with Gasteiger partial charge in [0.25, 0.3) is 0 Å². The van der Waals surface area contributed by atoms with Gasteiger partial charge in [-0.25, -0.2) is 18.9 Å². The van der Waals surface area contributed by atoms with Gasteiger partial charge in [0.2, 0.25) is 6.79 Å². The summed E-state index contributed by atoms with van der Waals surface area (Å²) in [5, 5.41) is 0.118. The highest BCUT2D eigenvalue weighted by Gasteiger charge is 2.24. The smallest absolute Gasteiger partial charge is 0.421 e. The second-order valence-electron chi connectivity index (χ2n) is 7.57. The summed E-state index contributed by atoms with van der Waals surface area (Å²) in [5.41, 5.74) is 2.62. The van der Waals surface area contributed by atoms with E-state index in [0.717, 1.165) is 10.5 Å². The highest BCUT2D eigenvalue weighted by atomic mass is 35.5. The molecule has 8 heteroatoms. The summed E-state index contributed by atoms with van der Waals surface area (Å²) < 4.78 is 23.7. The fraction of sp³-hybridized carbons (Fsp3) is 0.148. The summed E-state index contributed by atoms with van der Waals surface area (Å²) >= 11 is 6.47. The minimum Gasteiger partial charge on any atom is -0.425 e. The molecule has 0 aliphatic carbocycles. The van der Waals surface area contributed by atoms with Gasteiger partial charge in [-0.05, 0) is 68.3 Å². The number of amides is 1. The van der Waals surface area contributed by atoms with Crippen LogP contribution in [-0.2, 0) is 14.3 Å². The lowest BCUT2D eigenvalue weighted by Crippen LogP contribution is -2.28. The van der Waals surface area contributed by atoms with Crippen molar-refractivity contribution in [1.82, 2.24) is 0 Å². The van der Waals surface area contributed by atoms with Crippen LogP contribution in [0.3, 0.4) is 0 Å². The number of hydrogen-bond donors (Lipinski definition) is 0. The second kappa shape index (κ2) is 11.4. The van der Waals surface area contributed by atoms with Crippen molar-refractivity contribution in [3.8, 4) is 0 Å². The number of ketones is 1. The van der Waals surface area contributed by atoms with Crippen molar-refractivity contribution in [1.29, 1.82) is 0 Å². The largest absolute Gasteiger partial charge is 0.425 e. The van der Waals surface area contributed by atoms with Gasteiger partial charge in [0.05, 0.1) is 16.4 Å². The van der Waals surface area contributed by atoms with Crippen LogP contribution in [0.15, 0.2) is 72.8 Å². The quantitative estimate of drug-likeness (QED) is 0.158. The first-order valence-corrected chi connectivity index (χ1v) is 11.0. The number of esters is 1. The van der Waals surface area contributed by atoms with E-state index in [9.17, 15) is 18.8 Å². The summed E-state index contributed by atoms with van der Waals surface area (Å²) in [4.78, 5) is 38.7. The molecular formula is C27H23ClFNO5. The van der Waals surface area contributed by atoms with Crippen LogP contribution >= 0.6 is 11.6 Å². The SMILES string of the molecule is CC=CC(=O)OCOC(=O)N(c1ccc(C(=O)c2ccccc2C)c(Cl)c1)c1ccc(F)cc1C. The Morgan fingerprint density at radius 1 is 0.943 bits per heavy atom. The molecule has 3 rings (SSSR count).